The molecular weight excluding hydrogens is 395 g/mol. The molecule has 0 aliphatic heterocycles. The molecule has 0 amide bonds. The van der Waals surface area contributed by atoms with Gasteiger partial charge in [0.15, 0.2) is 0 Å². The van der Waals surface area contributed by atoms with Crippen molar-refractivity contribution in [2.24, 2.45) is 0 Å². The summed E-state index contributed by atoms with van der Waals surface area (Å²) in [6.07, 6.45) is 2.57. The second kappa shape index (κ2) is 10.2. The molecule has 5 heteroatoms. The van der Waals surface area contributed by atoms with Gasteiger partial charge in [0, 0.05) is 0 Å². The second-order valence-corrected chi connectivity index (χ2v) is 9.11. The molecule has 3 aromatic carbocycles. The van der Waals surface area contributed by atoms with Gasteiger partial charge in [-0.05, 0) is 47.9 Å². The highest BCUT2D eigenvalue weighted by atomic mass is 31.2. The smallest absolute Gasteiger partial charge is 0.287 e. The molecule has 4 nitrogen and oxygen atoms in total. The number of benzene rings is 3. The zero-order chi connectivity index (χ0) is 20.7. The first-order valence-corrected chi connectivity index (χ1v) is 11.9. The van der Waals surface area contributed by atoms with Gasteiger partial charge in [0.25, 0.3) is 0 Å². The van der Waals surface area contributed by atoms with Gasteiger partial charge in [0.2, 0.25) is 0 Å². The van der Waals surface area contributed by atoms with Crippen molar-refractivity contribution in [2.45, 2.75) is 31.8 Å². The normalized spacial score (nSPS) is 14.0. The van der Waals surface area contributed by atoms with Crippen molar-refractivity contribution in [3.8, 4) is 0 Å². The van der Waals surface area contributed by atoms with E-state index in [1.807, 2.05) is 72.8 Å². The van der Waals surface area contributed by atoms with Crippen LogP contribution in [0.2, 0.25) is 0 Å². The Morgan fingerprint density at radius 2 is 1.10 bits per heavy atom. The average molecular weight is 422 g/mol. The number of phosphoric acid groups is 1. The molecule has 0 unspecified atom stereocenters. The zero-order valence-electron chi connectivity index (χ0n) is 17.0. The lowest BCUT2D eigenvalue weighted by atomic mass is 10.1. The third-order valence-corrected chi connectivity index (χ3v) is 6.81. The van der Waals surface area contributed by atoms with Crippen molar-refractivity contribution in [1.82, 2.24) is 0 Å². The Morgan fingerprint density at radius 1 is 0.667 bits per heavy atom. The van der Waals surface area contributed by atoms with E-state index in [1.165, 1.54) is 11.1 Å². The molecule has 1 aliphatic carbocycles. The summed E-state index contributed by atoms with van der Waals surface area (Å²) in [7, 11) is -3.67. The summed E-state index contributed by atoms with van der Waals surface area (Å²) in [4.78, 5) is 0. The molecule has 0 N–H and O–H groups in total. The van der Waals surface area contributed by atoms with Crippen LogP contribution in [0, 0.1) is 0 Å². The van der Waals surface area contributed by atoms with Crippen LogP contribution in [0.5, 0.6) is 0 Å². The van der Waals surface area contributed by atoms with E-state index in [1.54, 1.807) is 0 Å². The fourth-order valence-corrected chi connectivity index (χ4v) is 5.05. The van der Waals surface area contributed by atoms with Gasteiger partial charge in [-0.1, -0.05) is 84.9 Å². The van der Waals surface area contributed by atoms with Gasteiger partial charge in [-0.2, -0.15) is 0 Å². The number of rotatable bonds is 10. The van der Waals surface area contributed by atoms with Crippen LogP contribution in [0.1, 0.15) is 22.3 Å². The number of hydrogen-bond acceptors (Lipinski definition) is 4. The Balaban J connectivity index is 1.37. The molecule has 156 valence electrons. The molecule has 0 saturated carbocycles. The highest BCUT2D eigenvalue weighted by molar-refractivity contribution is 7.48. The fourth-order valence-electron chi connectivity index (χ4n) is 3.71. The number of fused-ring (bicyclic) bond motifs is 1. The standard InChI is InChI=1S/C25H27O4P/c26-30(27-17-15-21-9-3-1-4-10-21,28-18-16-22-11-5-2-6-12-22)29-25-19-23-13-7-8-14-24(23)20-25/h1-14,25H,15-20H2. The van der Waals surface area contributed by atoms with E-state index in [2.05, 4.69) is 12.1 Å². The van der Waals surface area contributed by atoms with Crippen LogP contribution >= 0.6 is 7.82 Å². The van der Waals surface area contributed by atoms with Crippen LogP contribution in [0.3, 0.4) is 0 Å². The number of hydrogen-bond donors (Lipinski definition) is 0. The zero-order valence-corrected chi connectivity index (χ0v) is 17.9. The highest BCUT2D eigenvalue weighted by Crippen LogP contribution is 2.52. The van der Waals surface area contributed by atoms with Crippen molar-refractivity contribution in [3.05, 3.63) is 107 Å². The second-order valence-electron chi connectivity index (χ2n) is 7.49. The van der Waals surface area contributed by atoms with Crippen LogP contribution < -0.4 is 0 Å². The van der Waals surface area contributed by atoms with Crippen LogP contribution in [0.4, 0.5) is 0 Å². The first kappa shape index (κ1) is 21.0. The SMILES string of the molecule is O=P(OCCc1ccccc1)(OCCc1ccccc1)OC1Cc2ccccc2C1. The summed E-state index contributed by atoms with van der Waals surface area (Å²) in [6, 6.07) is 28.2. The molecule has 30 heavy (non-hydrogen) atoms. The van der Waals surface area contributed by atoms with E-state index in [9.17, 15) is 4.57 Å². The molecule has 4 rings (SSSR count). The highest BCUT2D eigenvalue weighted by Gasteiger charge is 2.34. The minimum absolute atomic E-state index is 0.193. The van der Waals surface area contributed by atoms with Gasteiger partial charge in [0.1, 0.15) is 0 Å². The Hall–Kier alpha value is -2.23. The molecule has 3 aromatic rings. The molecular formula is C25H27O4P. The van der Waals surface area contributed by atoms with E-state index < -0.39 is 7.82 Å². The van der Waals surface area contributed by atoms with Crippen molar-refractivity contribution < 1.29 is 18.1 Å². The van der Waals surface area contributed by atoms with E-state index in [-0.39, 0.29) is 19.3 Å². The Bertz CT molecular complexity index is 900. The molecule has 0 fully saturated rings. The number of phosphoric ester groups is 1. The fraction of sp³-hybridized carbons (Fsp3) is 0.280. The third-order valence-electron chi connectivity index (χ3n) is 5.26. The Morgan fingerprint density at radius 3 is 1.57 bits per heavy atom. The van der Waals surface area contributed by atoms with Gasteiger partial charge in [-0.25, -0.2) is 4.57 Å². The van der Waals surface area contributed by atoms with Gasteiger partial charge in [-0.3, -0.25) is 13.6 Å². The first-order chi connectivity index (χ1) is 14.7. The molecule has 0 aromatic heterocycles. The van der Waals surface area contributed by atoms with Crippen LogP contribution in [-0.4, -0.2) is 19.3 Å². The predicted octanol–water partition coefficient (Wildman–Crippen LogP) is 5.80. The summed E-state index contributed by atoms with van der Waals surface area (Å²) >= 11 is 0. The molecule has 0 atom stereocenters. The minimum atomic E-state index is -3.67. The predicted molar refractivity (Wildman–Crippen MR) is 119 cm³/mol. The van der Waals surface area contributed by atoms with Crippen molar-refractivity contribution >= 4 is 7.82 Å². The molecule has 0 radical (unpaired) electrons. The Labute approximate surface area is 178 Å². The van der Waals surface area contributed by atoms with Gasteiger partial charge >= 0.3 is 7.82 Å². The van der Waals surface area contributed by atoms with Crippen molar-refractivity contribution in [2.75, 3.05) is 13.2 Å². The van der Waals surface area contributed by atoms with Gasteiger partial charge in [0.05, 0.1) is 19.3 Å². The van der Waals surface area contributed by atoms with E-state index in [0.717, 1.165) is 24.0 Å². The first-order valence-electron chi connectivity index (χ1n) is 10.4. The van der Waals surface area contributed by atoms with Crippen LogP contribution in [-0.2, 0) is 43.8 Å². The lowest BCUT2D eigenvalue weighted by Gasteiger charge is -2.21. The van der Waals surface area contributed by atoms with Crippen LogP contribution in [0.25, 0.3) is 0 Å². The summed E-state index contributed by atoms with van der Waals surface area (Å²) < 4.78 is 30.9. The molecule has 0 heterocycles. The summed E-state index contributed by atoms with van der Waals surface area (Å²) in [5.41, 5.74) is 4.73. The van der Waals surface area contributed by atoms with Gasteiger partial charge in [-0.15, -0.1) is 0 Å². The lowest BCUT2D eigenvalue weighted by Crippen LogP contribution is -2.15. The van der Waals surface area contributed by atoms with E-state index in [4.69, 9.17) is 13.6 Å². The lowest BCUT2D eigenvalue weighted by molar-refractivity contribution is 0.0829. The summed E-state index contributed by atoms with van der Waals surface area (Å²) in [5, 5.41) is 0. The summed E-state index contributed by atoms with van der Waals surface area (Å²) in [6.45, 7) is 0.568. The molecule has 0 saturated heterocycles. The molecule has 1 aliphatic rings. The summed E-state index contributed by atoms with van der Waals surface area (Å²) in [5.74, 6) is 0. The average Bonchev–Trinajstić information content (AvgIpc) is 3.17. The largest absolute Gasteiger partial charge is 0.475 e. The molecule has 0 bridgehead atoms. The Kier molecular flexibility index (Phi) is 7.14. The van der Waals surface area contributed by atoms with Crippen LogP contribution in [0.15, 0.2) is 84.9 Å². The van der Waals surface area contributed by atoms with Crippen molar-refractivity contribution in [1.29, 1.82) is 0 Å². The van der Waals surface area contributed by atoms with Crippen molar-refractivity contribution in [3.63, 3.8) is 0 Å². The van der Waals surface area contributed by atoms with E-state index in [0.29, 0.717) is 12.8 Å². The van der Waals surface area contributed by atoms with E-state index >= 15 is 0 Å². The maximum atomic E-state index is 13.4. The monoisotopic (exact) mass is 422 g/mol. The van der Waals surface area contributed by atoms with Gasteiger partial charge < -0.3 is 0 Å². The topological polar surface area (TPSA) is 44.8 Å². The third kappa shape index (κ3) is 5.90. The maximum absolute atomic E-state index is 13.4. The maximum Gasteiger partial charge on any atom is 0.475 e. The molecule has 0 spiro atoms. The quantitative estimate of drug-likeness (QED) is 0.388. The minimum Gasteiger partial charge on any atom is -0.287 e.